The average Bonchev–Trinajstić information content (AvgIpc) is 3.55. The zero-order valence-corrected chi connectivity index (χ0v) is 34.6. The number of aliphatic hydroxyl groups excluding tert-OH is 1. The van der Waals surface area contributed by atoms with Crippen LogP contribution < -0.4 is 15.5 Å². The van der Waals surface area contributed by atoms with Crippen LogP contribution in [-0.4, -0.2) is 59.8 Å². The van der Waals surface area contributed by atoms with Gasteiger partial charge < -0.3 is 35.0 Å². The van der Waals surface area contributed by atoms with Crippen LogP contribution in [0.25, 0.3) is 0 Å². The maximum atomic E-state index is 13.3. The number of amides is 2. The topological polar surface area (TPSA) is 103 Å². The lowest BCUT2D eigenvalue weighted by Gasteiger charge is -2.46. The highest BCUT2D eigenvalue weighted by Gasteiger charge is 2.51. The summed E-state index contributed by atoms with van der Waals surface area (Å²) in [6, 6.07) is 26.1. The summed E-state index contributed by atoms with van der Waals surface area (Å²) >= 11 is 0. The Bertz CT molecular complexity index is 1660. The molecule has 4 atom stereocenters. The third kappa shape index (κ3) is 11.7. The molecule has 3 aliphatic heterocycles. The first-order valence-electron chi connectivity index (χ1n) is 22.1. The molecule has 3 N–H and O–H groups in total. The number of carbonyl (C=O) groups excluding carboxylic acids is 2. The molecule has 3 heterocycles. The minimum Gasteiger partial charge on any atom is -0.392 e. The number of nitrogens with one attached hydrogen (secondary N) is 2. The van der Waals surface area contributed by atoms with Crippen LogP contribution in [0.15, 0.2) is 78.9 Å². The Hall–Kier alpha value is -3.76. The lowest BCUT2D eigenvalue weighted by molar-refractivity contribution is -0.276. The maximum Gasteiger partial charge on any atom is 0.247 e. The van der Waals surface area contributed by atoms with E-state index in [-0.39, 0.29) is 36.5 Å². The van der Waals surface area contributed by atoms with Crippen LogP contribution in [0.1, 0.15) is 146 Å². The Morgan fingerprint density at radius 1 is 0.807 bits per heavy atom. The van der Waals surface area contributed by atoms with Gasteiger partial charge in [0.25, 0.3) is 0 Å². The molecule has 57 heavy (non-hydrogen) atoms. The first-order valence-corrected chi connectivity index (χ1v) is 22.1. The third-order valence-corrected chi connectivity index (χ3v) is 12.6. The number of unbranched alkanes of at least 4 members (excludes halogenated alkanes) is 12. The Labute approximate surface area is 341 Å². The average molecular weight is 781 g/mol. The van der Waals surface area contributed by atoms with Gasteiger partial charge in [0, 0.05) is 48.9 Å². The van der Waals surface area contributed by atoms with Crippen LogP contribution in [-0.2, 0) is 25.7 Å². The van der Waals surface area contributed by atoms with Crippen LogP contribution in [0.5, 0.6) is 0 Å². The molecule has 3 aliphatic rings. The number of para-hydroxylation sites is 1. The molecular formula is C48H68N4O5. The molecule has 1 spiro atoms. The van der Waals surface area contributed by atoms with E-state index in [4.69, 9.17) is 9.47 Å². The van der Waals surface area contributed by atoms with Gasteiger partial charge >= 0.3 is 0 Å². The molecule has 0 bridgehead atoms. The van der Waals surface area contributed by atoms with Crippen LogP contribution in [0, 0.1) is 5.92 Å². The molecule has 1 unspecified atom stereocenters. The molecule has 310 valence electrons. The summed E-state index contributed by atoms with van der Waals surface area (Å²) in [5, 5.41) is 15.9. The third-order valence-electron chi connectivity index (χ3n) is 12.6. The zero-order valence-electron chi connectivity index (χ0n) is 34.6. The minimum absolute atomic E-state index is 0.0102. The first-order chi connectivity index (χ1) is 27.9. The normalized spacial score (nSPS) is 22.2. The summed E-state index contributed by atoms with van der Waals surface area (Å²) < 4.78 is 13.6. The van der Waals surface area contributed by atoms with Gasteiger partial charge in [-0.05, 0) is 54.7 Å². The lowest BCUT2D eigenvalue weighted by Crippen LogP contribution is -2.57. The van der Waals surface area contributed by atoms with Crippen molar-refractivity contribution in [2.75, 3.05) is 36.5 Å². The van der Waals surface area contributed by atoms with Crippen molar-refractivity contribution in [3.05, 3.63) is 95.6 Å². The number of anilines is 2. The molecule has 0 saturated carbocycles. The van der Waals surface area contributed by atoms with Crippen molar-refractivity contribution in [2.24, 2.45) is 5.92 Å². The molecule has 0 aromatic heterocycles. The standard InChI is InChI=1S/C48H68N4O5/c1-3-4-5-6-7-8-9-10-11-12-13-14-18-24-44(54)50-41-21-19-20-40(33-41)46-56-43(37(2)45(57-46)39-27-25-38(35-53)26-28-39)34-51-31-29-48(30-32-51)47(55)49-36-52(48)42-22-16-15-17-23-42/h15-17,19-23,25-28,33,37,43,45-46,53H,3-14,18,24,29-32,34-36H2,1-2H3,(H,49,55)(H,50,54)/t37-,43+,45+,46?/m0/s1. The van der Waals surface area contributed by atoms with E-state index in [1.54, 1.807) is 0 Å². The predicted molar refractivity (Wildman–Crippen MR) is 229 cm³/mol. The molecule has 6 rings (SSSR count). The fraction of sp³-hybridized carbons (Fsp3) is 0.583. The van der Waals surface area contributed by atoms with Crippen molar-refractivity contribution in [3.63, 3.8) is 0 Å². The smallest absolute Gasteiger partial charge is 0.247 e. The number of benzene rings is 3. The van der Waals surface area contributed by atoms with Crippen molar-refractivity contribution < 1.29 is 24.2 Å². The number of aliphatic hydroxyl groups is 1. The second-order valence-electron chi connectivity index (χ2n) is 16.7. The van der Waals surface area contributed by atoms with E-state index in [9.17, 15) is 14.7 Å². The van der Waals surface area contributed by atoms with E-state index < -0.39 is 11.8 Å². The van der Waals surface area contributed by atoms with Gasteiger partial charge in [0.2, 0.25) is 11.8 Å². The minimum atomic E-state index is -0.628. The van der Waals surface area contributed by atoms with Gasteiger partial charge in [-0.3, -0.25) is 9.59 Å². The summed E-state index contributed by atoms with van der Waals surface area (Å²) in [5.74, 6) is 0.194. The molecule has 3 aromatic rings. The summed E-state index contributed by atoms with van der Waals surface area (Å²) in [5.41, 5.74) is 4.04. The van der Waals surface area contributed by atoms with Gasteiger partial charge in [-0.15, -0.1) is 0 Å². The monoisotopic (exact) mass is 781 g/mol. The quantitative estimate of drug-likeness (QED) is 0.0926. The second-order valence-corrected chi connectivity index (χ2v) is 16.7. The number of hydrogen-bond donors (Lipinski definition) is 3. The molecular weight excluding hydrogens is 713 g/mol. The molecule has 3 aromatic carbocycles. The fourth-order valence-corrected chi connectivity index (χ4v) is 9.01. The first kappa shape index (κ1) is 42.8. The lowest BCUT2D eigenvalue weighted by atomic mass is 9.84. The zero-order chi connectivity index (χ0) is 39.9. The number of ether oxygens (including phenoxy) is 2. The second kappa shape index (κ2) is 21.8. The van der Waals surface area contributed by atoms with Crippen LogP contribution >= 0.6 is 0 Å². The van der Waals surface area contributed by atoms with Crippen molar-refractivity contribution in [1.29, 1.82) is 0 Å². The van der Waals surface area contributed by atoms with E-state index in [0.29, 0.717) is 19.6 Å². The SMILES string of the molecule is CCCCCCCCCCCCCCCC(=O)Nc1cccc(C2O[C@H](CN3CCC4(CC3)C(=O)NCN4c3ccccc3)[C@H](C)[C@H](c3ccc(CO)cc3)O2)c1. The number of rotatable bonds is 21. The van der Waals surface area contributed by atoms with E-state index in [1.165, 1.54) is 70.6 Å². The summed E-state index contributed by atoms with van der Waals surface area (Å²) in [6.07, 6.45) is 17.7. The van der Waals surface area contributed by atoms with Crippen molar-refractivity contribution >= 4 is 23.2 Å². The van der Waals surface area contributed by atoms with Crippen LogP contribution in [0.2, 0.25) is 0 Å². The molecule has 0 aliphatic carbocycles. The van der Waals surface area contributed by atoms with E-state index >= 15 is 0 Å². The van der Waals surface area contributed by atoms with Gasteiger partial charge in [-0.25, -0.2) is 0 Å². The van der Waals surface area contributed by atoms with Gasteiger partial charge in [0.1, 0.15) is 5.54 Å². The predicted octanol–water partition coefficient (Wildman–Crippen LogP) is 9.82. The van der Waals surface area contributed by atoms with Gasteiger partial charge in [0.05, 0.1) is 25.5 Å². The molecule has 9 nitrogen and oxygen atoms in total. The Morgan fingerprint density at radius 3 is 2.11 bits per heavy atom. The molecule has 2 amide bonds. The largest absolute Gasteiger partial charge is 0.392 e. The Balaban J connectivity index is 1.02. The maximum absolute atomic E-state index is 13.3. The fourth-order valence-electron chi connectivity index (χ4n) is 9.01. The highest BCUT2D eigenvalue weighted by atomic mass is 16.7. The van der Waals surface area contributed by atoms with Crippen LogP contribution in [0.3, 0.4) is 0 Å². The van der Waals surface area contributed by atoms with Crippen molar-refractivity contribution in [1.82, 2.24) is 10.2 Å². The van der Waals surface area contributed by atoms with Crippen LogP contribution in [0.4, 0.5) is 11.4 Å². The molecule has 3 fully saturated rings. The van der Waals surface area contributed by atoms with Crippen molar-refractivity contribution in [3.8, 4) is 0 Å². The van der Waals surface area contributed by atoms with E-state index in [2.05, 4.69) is 46.4 Å². The van der Waals surface area contributed by atoms with E-state index in [0.717, 1.165) is 66.8 Å². The summed E-state index contributed by atoms with van der Waals surface area (Å²) in [6.45, 7) is 7.25. The Morgan fingerprint density at radius 2 is 1.46 bits per heavy atom. The van der Waals surface area contributed by atoms with Gasteiger partial charge in [0.15, 0.2) is 6.29 Å². The molecule has 9 heteroatoms. The summed E-state index contributed by atoms with van der Waals surface area (Å²) in [7, 11) is 0. The molecule has 0 radical (unpaired) electrons. The summed E-state index contributed by atoms with van der Waals surface area (Å²) in [4.78, 5) is 31.0. The number of carbonyl (C=O) groups is 2. The highest BCUT2D eigenvalue weighted by molar-refractivity contribution is 5.93. The molecule has 3 saturated heterocycles. The number of piperidine rings is 1. The van der Waals surface area contributed by atoms with Gasteiger partial charge in [-0.2, -0.15) is 0 Å². The highest BCUT2D eigenvalue weighted by Crippen LogP contribution is 2.43. The number of hydrogen-bond acceptors (Lipinski definition) is 7. The van der Waals surface area contributed by atoms with Crippen molar-refractivity contribution in [2.45, 2.75) is 147 Å². The number of likely N-dealkylation sites (tertiary alicyclic amines) is 1. The van der Waals surface area contributed by atoms with E-state index in [1.807, 2.05) is 66.7 Å². The Kier molecular flexibility index (Phi) is 16.4. The number of nitrogens with zero attached hydrogens (tertiary/aromatic N) is 2. The van der Waals surface area contributed by atoms with Gasteiger partial charge in [-0.1, -0.05) is 145 Å².